The van der Waals surface area contributed by atoms with Crippen LogP contribution < -0.4 is 11.4 Å². The van der Waals surface area contributed by atoms with E-state index in [4.69, 9.17) is 0 Å². The van der Waals surface area contributed by atoms with E-state index >= 15 is 0 Å². The summed E-state index contributed by atoms with van der Waals surface area (Å²) in [7, 11) is 0. The maximum absolute atomic E-state index is 13.4. The number of aromatic nitrogens is 3. The monoisotopic (exact) mass is 391 g/mol. The number of nitrogens with zero attached hydrogens (tertiary/aromatic N) is 3. The predicted octanol–water partition coefficient (Wildman–Crippen LogP) is 4.10. The molecule has 0 N–H and O–H groups in total. The Morgan fingerprint density at radius 2 is 1.10 bits per heavy atom. The normalized spacial score (nSPS) is 27.7. The van der Waals surface area contributed by atoms with Crippen LogP contribution in [0.3, 0.4) is 0 Å². The van der Waals surface area contributed by atoms with E-state index in [9.17, 15) is 9.59 Å². The first-order chi connectivity index (χ1) is 13.5. The van der Waals surface area contributed by atoms with Crippen molar-refractivity contribution in [3.05, 3.63) is 74.6 Å². The Kier molecular flexibility index (Phi) is 3.52. The second-order valence-corrected chi connectivity index (χ2v) is 10.7. The molecule has 2 aromatic rings. The quantitative estimate of drug-likeness (QED) is 0.687. The Balaban J connectivity index is 1.75. The molecule has 1 aromatic heterocycles. The van der Waals surface area contributed by atoms with Gasteiger partial charge in [0.05, 0.1) is 17.8 Å². The highest BCUT2D eigenvalue weighted by Gasteiger charge is 2.59. The summed E-state index contributed by atoms with van der Waals surface area (Å²) in [6.45, 7) is 13.6. The average molecular weight is 392 g/mol. The number of para-hydroxylation sites is 1. The van der Waals surface area contributed by atoms with Crippen LogP contribution in [-0.4, -0.2) is 13.9 Å². The third kappa shape index (κ3) is 2.27. The molecule has 6 rings (SSSR count). The van der Waals surface area contributed by atoms with Gasteiger partial charge in [0, 0.05) is 11.8 Å². The Morgan fingerprint density at radius 1 is 0.690 bits per heavy atom. The molecule has 0 radical (unpaired) electrons. The minimum Gasteiger partial charge on any atom is -0.245 e. The number of benzene rings is 1. The number of hydrogen-bond acceptors (Lipinski definition) is 2. The summed E-state index contributed by atoms with van der Waals surface area (Å²) in [6.07, 6.45) is 4.29. The van der Waals surface area contributed by atoms with Crippen molar-refractivity contribution in [2.75, 3.05) is 0 Å². The zero-order chi connectivity index (χ0) is 20.9. The predicted molar refractivity (Wildman–Crippen MR) is 114 cm³/mol. The molecule has 0 amide bonds. The lowest BCUT2D eigenvalue weighted by Crippen LogP contribution is -2.57. The van der Waals surface area contributed by atoms with E-state index in [0.29, 0.717) is 5.69 Å². The molecule has 152 valence electrons. The molecule has 1 aromatic carbocycles. The van der Waals surface area contributed by atoms with Gasteiger partial charge in [-0.3, -0.25) is 0 Å². The SMILES string of the molecule is CC(C)(C)C1=C(C(C)(C)C)[C@@H]2[C@@H]1[C@@H]1C=C[C@@H]2n2c(=O)n(-c3ccccc3)c(=O)n21. The Labute approximate surface area is 171 Å². The number of hydrogen-bond donors (Lipinski definition) is 0. The number of rotatable bonds is 1. The van der Waals surface area contributed by atoms with Crippen molar-refractivity contribution >= 4 is 0 Å². The molecule has 0 saturated heterocycles. The molecule has 4 atom stereocenters. The van der Waals surface area contributed by atoms with Crippen LogP contribution in [0.15, 0.2) is 63.2 Å². The molecule has 5 nitrogen and oxygen atoms in total. The van der Waals surface area contributed by atoms with Gasteiger partial charge >= 0.3 is 11.4 Å². The molecule has 0 spiro atoms. The molecular weight excluding hydrogens is 362 g/mol. The van der Waals surface area contributed by atoms with Gasteiger partial charge < -0.3 is 0 Å². The minimum atomic E-state index is -0.239. The molecule has 5 heteroatoms. The summed E-state index contributed by atoms with van der Waals surface area (Å²) >= 11 is 0. The summed E-state index contributed by atoms with van der Waals surface area (Å²) in [5.74, 6) is 0.561. The summed E-state index contributed by atoms with van der Waals surface area (Å²) in [6, 6.07) is 9.04. The van der Waals surface area contributed by atoms with E-state index in [1.165, 1.54) is 15.7 Å². The van der Waals surface area contributed by atoms with E-state index in [1.807, 2.05) is 30.3 Å². The van der Waals surface area contributed by atoms with Crippen molar-refractivity contribution in [2.24, 2.45) is 22.7 Å². The summed E-state index contributed by atoms with van der Waals surface area (Å²) < 4.78 is 4.75. The zero-order valence-electron chi connectivity index (χ0n) is 18.0. The standard InChI is InChI=1S/C24H29N3O2/c1-23(2,3)19-17-15-12-13-16(18(17)20(19)24(4,5)6)27-22(29)25(21(28)26(15)27)14-10-8-7-9-11-14/h7-13,15-18H,1-6H3/t15-,16-,17-,18-/m0/s1. The van der Waals surface area contributed by atoms with Crippen LogP contribution in [0.1, 0.15) is 53.6 Å². The van der Waals surface area contributed by atoms with Crippen molar-refractivity contribution in [1.29, 1.82) is 0 Å². The second kappa shape index (κ2) is 5.53. The lowest BCUT2D eigenvalue weighted by molar-refractivity contribution is 0.0738. The van der Waals surface area contributed by atoms with Crippen molar-refractivity contribution in [3.63, 3.8) is 0 Å². The minimum absolute atomic E-state index is 0.0336. The highest BCUT2D eigenvalue weighted by Crippen LogP contribution is 2.65. The molecule has 2 bridgehead atoms. The van der Waals surface area contributed by atoms with Gasteiger partial charge in [0.25, 0.3) is 0 Å². The van der Waals surface area contributed by atoms with Crippen molar-refractivity contribution < 1.29 is 0 Å². The van der Waals surface area contributed by atoms with E-state index in [1.54, 1.807) is 9.36 Å². The van der Waals surface area contributed by atoms with Crippen LogP contribution in [0.4, 0.5) is 0 Å². The Bertz CT molecular complexity index is 1100. The fourth-order valence-corrected chi connectivity index (χ4v) is 5.94. The molecule has 2 aliphatic carbocycles. The molecular formula is C24H29N3O2. The van der Waals surface area contributed by atoms with Crippen LogP contribution in [0, 0.1) is 22.7 Å². The molecule has 3 heterocycles. The maximum Gasteiger partial charge on any atom is 0.352 e. The molecule has 0 saturated carbocycles. The van der Waals surface area contributed by atoms with Crippen molar-refractivity contribution in [3.8, 4) is 5.69 Å². The third-order valence-corrected chi connectivity index (χ3v) is 6.79. The van der Waals surface area contributed by atoms with Gasteiger partial charge in [0.15, 0.2) is 0 Å². The maximum atomic E-state index is 13.4. The molecule has 2 aliphatic heterocycles. The fraction of sp³-hybridized carbons (Fsp3) is 0.500. The Hall–Kier alpha value is -2.56. The smallest absolute Gasteiger partial charge is 0.245 e. The van der Waals surface area contributed by atoms with Crippen molar-refractivity contribution in [1.82, 2.24) is 13.9 Å². The van der Waals surface area contributed by atoms with E-state index in [-0.39, 0.29) is 46.1 Å². The lowest BCUT2D eigenvalue weighted by atomic mass is 9.49. The van der Waals surface area contributed by atoms with Gasteiger partial charge in [0.1, 0.15) is 0 Å². The largest absolute Gasteiger partial charge is 0.352 e. The molecule has 0 unspecified atom stereocenters. The fourth-order valence-electron chi connectivity index (χ4n) is 5.94. The summed E-state index contributed by atoms with van der Waals surface area (Å²) in [4.78, 5) is 26.8. The first kappa shape index (κ1) is 18.5. The van der Waals surface area contributed by atoms with Gasteiger partial charge in [-0.1, -0.05) is 83.0 Å². The topological polar surface area (TPSA) is 48.9 Å². The first-order valence-corrected chi connectivity index (χ1v) is 10.5. The summed E-state index contributed by atoms with van der Waals surface area (Å²) in [5.41, 5.74) is 3.15. The van der Waals surface area contributed by atoms with E-state index in [0.717, 1.165) is 0 Å². The van der Waals surface area contributed by atoms with E-state index < -0.39 is 0 Å². The van der Waals surface area contributed by atoms with Crippen LogP contribution in [0.5, 0.6) is 0 Å². The molecule has 29 heavy (non-hydrogen) atoms. The van der Waals surface area contributed by atoms with Gasteiger partial charge in [-0.2, -0.15) is 0 Å². The van der Waals surface area contributed by atoms with Gasteiger partial charge in [-0.05, 0) is 23.0 Å². The number of allylic oxidation sites excluding steroid dienone is 4. The van der Waals surface area contributed by atoms with Gasteiger partial charge in [-0.15, -0.1) is 0 Å². The van der Waals surface area contributed by atoms with Crippen molar-refractivity contribution in [2.45, 2.75) is 53.6 Å². The third-order valence-electron chi connectivity index (χ3n) is 6.79. The lowest BCUT2D eigenvalue weighted by Gasteiger charge is -2.60. The first-order valence-electron chi connectivity index (χ1n) is 10.5. The van der Waals surface area contributed by atoms with Gasteiger partial charge in [-0.25, -0.2) is 23.5 Å². The van der Waals surface area contributed by atoms with Crippen LogP contribution in [0.25, 0.3) is 5.69 Å². The van der Waals surface area contributed by atoms with Crippen LogP contribution in [0.2, 0.25) is 0 Å². The van der Waals surface area contributed by atoms with E-state index in [2.05, 4.69) is 53.7 Å². The highest BCUT2D eigenvalue weighted by molar-refractivity contribution is 5.46. The van der Waals surface area contributed by atoms with Crippen LogP contribution in [-0.2, 0) is 0 Å². The van der Waals surface area contributed by atoms with Crippen LogP contribution >= 0.6 is 0 Å². The molecule has 0 fully saturated rings. The molecule has 4 aliphatic rings. The average Bonchev–Trinajstić information content (AvgIpc) is 2.86. The van der Waals surface area contributed by atoms with Gasteiger partial charge in [0.2, 0.25) is 0 Å². The zero-order valence-corrected chi connectivity index (χ0v) is 18.0. The highest BCUT2D eigenvalue weighted by atomic mass is 16.2. The second-order valence-electron chi connectivity index (χ2n) is 10.7. The Morgan fingerprint density at radius 3 is 1.48 bits per heavy atom. The summed E-state index contributed by atoms with van der Waals surface area (Å²) in [5, 5.41) is 0.